The quantitative estimate of drug-likeness (QED) is 0.714. The Morgan fingerprint density at radius 2 is 2.25 bits per heavy atom. The molecule has 0 saturated carbocycles. The van der Waals surface area contributed by atoms with Gasteiger partial charge in [0.2, 0.25) is 0 Å². The minimum Gasteiger partial charge on any atom is -0.326 e. The van der Waals surface area contributed by atoms with Crippen molar-refractivity contribution in [1.29, 1.82) is 5.26 Å². The first-order valence-electron chi connectivity index (χ1n) is 4.03. The molecule has 0 spiro atoms. The monoisotopic (exact) mass is 160 g/mol. The van der Waals surface area contributed by atoms with Crippen LogP contribution in [0.3, 0.4) is 0 Å². The summed E-state index contributed by atoms with van der Waals surface area (Å²) in [6, 6.07) is 7.99. The molecule has 0 aliphatic rings. The summed E-state index contributed by atoms with van der Waals surface area (Å²) in [5.41, 5.74) is 8.28. The van der Waals surface area contributed by atoms with Gasteiger partial charge in [0, 0.05) is 6.54 Å². The van der Waals surface area contributed by atoms with Crippen LogP contribution in [-0.2, 0) is 13.0 Å². The highest BCUT2D eigenvalue weighted by atomic mass is 14.5. The van der Waals surface area contributed by atoms with E-state index in [-0.39, 0.29) is 0 Å². The molecule has 0 heterocycles. The van der Waals surface area contributed by atoms with Gasteiger partial charge in [-0.15, -0.1) is 0 Å². The van der Waals surface area contributed by atoms with Gasteiger partial charge in [0.05, 0.1) is 11.6 Å². The molecule has 0 amide bonds. The Balaban J connectivity index is 3.13. The van der Waals surface area contributed by atoms with Crippen LogP contribution < -0.4 is 5.73 Å². The summed E-state index contributed by atoms with van der Waals surface area (Å²) in [7, 11) is 0. The lowest BCUT2D eigenvalue weighted by molar-refractivity contribution is 1.05. The van der Waals surface area contributed by atoms with Crippen LogP contribution in [0.1, 0.15) is 23.6 Å². The lowest BCUT2D eigenvalue weighted by atomic mass is 10.0. The zero-order chi connectivity index (χ0) is 8.97. The largest absolute Gasteiger partial charge is 0.326 e. The molecule has 12 heavy (non-hydrogen) atoms. The van der Waals surface area contributed by atoms with E-state index in [0.29, 0.717) is 12.1 Å². The van der Waals surface area contributed by atoms with Crippen molar-refractivity contribution in [1.82, 2.24) is 0 Å². The summed E-state index contributed by atoms with van der Waals surface area (Å²) in [5.74, 6) is 0. The van der Waals surface area contributed by atoms with E-state index in [9.17, 15) is 0 Å². The minimum absolute atomic E-state index is 0.437. The van der Waals surface area contributed by atoms with Gasteiger partial charge in [-0.05, 0) is 23.6 Å². The molecule has 0 fully saturated rings. The highest BCUT2D eigenvalue weighted by Crippen LogP contribution is 2.10. The molecule has 0 aliphatic heterocycles. The molecule has 2 nitrogen and oxygen atoms in total. The van der Waals surface area contributed by atoms with Crippen molar-refractivity contribution >= 4 is 0 Å². The van der Waals surface area contributed by atoms with Crippen LogP contribution in [0.15, 0.2) is 18.2 Å². The van der Waals surface area contributed by atoms with E-state index in [1.165, 1.54) is 5.56 Å². The first-order valence-corrected chi connectivity index (χ1v) is 4.03. The van der Waals surface area contributed by atoms with Crippen molar-refractivity contribution in [3.8, 4) is 6.07 Å². The second kappa shape index (κ2) is 3.89. The molecular weight excluding hydrogens is 148 g/mol. The molecular formula is C10H12N2. The molecule has 1 aromatic carbocycles. The lowest BCUT2D eigenvalue weighted by Crippen LogP contribution is -1.99. The third kappa shape index (κ3) is 1.63. The van der Waals surface area contributed by atoms with E-state index in [2.05, 4.69) is 13.0 Å². The van der Waals surface area contributed by atoms with Crippen LogP contribution in [0.5, 0.6) is 0 Å². The van der Waals surface area contributed by atoms with Crippen LogP contribution in [0.2, 0.25) is 0 Å². The number of nitriles is 1. The fraction of sp³-hybridized carbons (Fsp3) is 0.300. The smallest absolute Gasteiger partial charge is 0.0995 e. The topological polar surface area (TPSA) is 49.8 Å². The summed E-state index contributed by atoms with van der Waals surface area (Å²) in [4.78, 5) is 0. The van der Waals surface area contributed by atoms with Gasteiger partial charge in [0.15, 0.2) is 0 Å². The van der Waals surface area contributed by atoms with Gasteiger partial charge in [-0.3, -0.25) is 0 Å². The number of rotatable bonds is 2. The number of aryl methyl sites for hydroxylation is 1. The standard InChI is InChI=1S/C10H12N2/c1-2-8-3-4-9(6-11)10(5-8)7-12/h3-5H,2,6,11H2,1H3. The first kappa shape index (κ1) is 8.76. The number of nitrogens with two attached hydrogens (primary N) is 1. The zero-order valence-electron chi connectivity index (χ0n) is 7.17. The Morgan fingerprint density at radius 1 is 1.50 bits per heavy atom. The van der Waals surface area contributed by atoms with Crippen LogP contribution in [0.25, 0.3) is 0 Å². The SMILES string of the molecule is CCc1ccc(CN)c(C#N)c1. The Labute approximate surface area is 72.6 Å². The molecule has 1 rings (SSSR count). The maximum atomic E-state index is 8.76. The number of benzene rings is 1. The number of hydrogen-bond acceptors (Lipinski definition) is 2. The maximum Gasteiger partial charge on any atom is 0.0995 e. The van der Waals surface area contributed by atoms with E-state index in [1.807, 2.05) is 18.2 Å². The van der Waals surface area contributed by atoms with Crippen molar-refractivity contribution in [2.24, 2.45) is 5.73 Å². The van der Waals surface area contributed by atoms with Crippen LogP contribution >= 0.6 is 0 Å². The predicted octanol–water partition coefficient (Wildman–Crippen LogP) is 1.58. The molecule has 2 N–H and O–H groups in total. The highest BCUT2D eigenvalue weighted by molar-refractivity contribution is 5.40. The molecule has 0 atom stereocenters. The Hall–Kier alpha value is -1.33. The molecule has 0 bridgehead atoms. The van der Waals surface area contributed by atoms with Crippen molar-refractivity contribution in [2.75, 3.05) is 0 Å². The summed E-state index contributed by atoms with van der Waals surface area (Å²) in [6.45, 7) is 2.51. The molecule has 0 unspecified atom stereocenters. The van der Waals surface area contributed by atoms with Gasteiger partial charge in [0.1, 0.15) is 0 Å². The average molecular weight is 160 g/mol. The van der Waals surface area contributed by atoms with Gasteiger partial charge in [0.25, 0.3) is 0 Å². The fourth-order valence-electron chi connectivity index (χ4n) is 1.13. The summed E-state index contributed by atoms with van der Waals surface area (Å²) < 4.78 is 0. The Morgan fingerprint density at radius 3 is 2.75 bits per heavy atom. The van der Waals surface area contributed by atoms with Gasteiger partial charge >= 0.3 is 0 Å². The van der Waals surface area contributed by atoms with Gasteiger partial charge in [-0.2, -0.15) is 5.26 Å². The van der Waals surface area contributed by atoms with E-state index < -0.39 is 0 Å². The number of hydrogen-bond donors (Lipinski definition) is 1. The van der Waals surface area contributed by atoms with Crippen LogP contribution in [0.4, 0.5) is 0 Å². The Kier molecular flexibility index (Phi) is 2.84. The number of nitrogens with zero attached hydrogens (tertiary/aromatic N) is 1. The summed E-state index contributed by atoms with van der Waals surface area (Å²) >= 11 is 0. The van der Waals surface area contributed by atoms with Crippen molar-refractivity contribution in [2.45, 2.75) is 19.9 Å². The van der Waals surface area contributed by atoms with Crippen LogP contribution in [-0.4, -0.2) is 0 Å². The van der Waals surface area contributed by atoms with E-state index in [0.717, 1.165) is 12.0 Å². The van der Waals surface area contributed by atoms with Crippen LogP contribution in [0, 0.1) is 11.3 Å². The Bertz CT molecular complexity index is 310. The molecule has 0 aromatic heterocycles. The first-order chi connectivity index (χ1) is 5.81. The third-order valence-corrected chi connectivity index (χ3v) is 1.92. The molecule has 0 radical (unpaired) electrons. The summed E-state index contributed by atoms with van der Waals surface area (Å²) in [5, 5.41) is 8.76. The van der Waals surface area contributed by atoms with Gasteiger partial charge < -0.3 is 5.73 Å². The van der Waals surface area contributed by atoms with Gasteiger partial charge in [-0.25, -0.2) is 0 Å². The normalized spacial score (nSPS) is 9.42. The van der Waals surface area contributed by atoms with E-state index >= 15 is 0 Å². The molecule has 2 heteroatoms. The molecule has 1 aromatic rings. The maximum absolute atomic E-state index is 8.76. The third-order valence-electron chi connectivity index (χ3n) is 1.92. The van der Waals surface area contributed by atoms with Gasteiger partial charge in [-0.1, -0.05) is 19.1 Å². The van der Waals surface area contributed by atoms with Crippen molar-refractivity contribution in [3.63, 3.8) is 0 Å². The molecule has 62 valence electrons. The molecule has 0 saturated heterocycles. The summed E-state index contributed by atoms with van der Waals surface area (Å²) in [6.07, 6.45) is 0.958. The fourth-order valence-corrected chi connectivity index (χ4v) is 1.13. The minimum atomic E-state index is 0.437. The highest BCUT2D eigenvalue weighted by Gasteiger charge is 1.99. The second-order valence-corrected chi connectivity index (χ2v) is 2.66. The predicted molar refractivity (Wildman–Crippen MR) is 48.4 cm³/mol. The molecule has 0 aliphatic carbocycles. The van der Waals surface area contributed by atoms with Crippen molar-refractivity contribution < 1.29 is 0 Å². The average Bonchev–Trinajstić information content (AvgIpc) is 2.16. The second-order valence-electron chi connectivity index (χ2n) is 2.66. The van der Waals surface area contributed by atoms with E-state index in [1.54, 1.807) is 0 Å². The lowest BCUT2D eigenvalue weighted by Gasteiger charge is -2.02. The van der Waals surface area contributed by atoms with Crippen molar-refractivity contribution in [3.05, 3.63) is 34.9 Å². The van der Waals surface area contributed by atoms with E-state index in [4.69, 9.17) is 11.0 Å². The zero-order valence-corrected chi connectivity index (χ0v) is 7.17.